The lowest BCUT2D eigenvalue weighted by atomic mass is 9.93. The zero-order valence-electron chi connectivity index (χ0n) is 43.1. The van der Waals surface area contributed by atoms with E-state index < -0.39 is 18.1 Å². The molecule has 7 rings (SSSR count). The van der Waals surface area contributed by atoms with E-state index in [1.165, 1.54) is 23.5 Å². The van der Waals surface area contributed by atoms with Gasteiger partial charge in [0.2, 0.25) is 17.7 Å². The van der Waals surface area contributed by atoms with Crippen molar-refractivity contribution in [3.63, 3.8) is 0 Å². The van der Waals surface area contributed by atoms with E-state index in [2.05, 4.69) is 48.3 Å². The molecule has 0 spiro atoms. The number of benzene rings is 4. The minimum absolute atomic E-state index is 0.00502. The molecule has 1 aromatic heterocycles. The Hall–Kier alpha value is -6.13. The number of ketones is 1. The number of piperidine rings is 1. The summed E-state index contributed by atoms with van der Waals surface area (Å²) in [4.78, 5) is 79.4. The van der Waals surface area contributed by atoms with Crippen LogP contribution < -0.4 is 21.3 Å². The van der Waals surface area contributed by atoms with Gasteiger partial charge in [-0.05, 0) is 83.5 Å². The number of aliphatic hydroxyl groups is 1. The van der Waals surface area contributed by atoms with Crippen molar-refractivity contribution in [1.82, 2.24) is 35.7 Å². The van der Waals surface area contributed by atoms with Gasteiger partial charge in [0.1, 0.15) is 23.9 Å². The standard InChI is InChI=1S/C59H66Cl4N8O6/c60-48-22-20-41(29-50(48)62)27-45-36-71(37-46(57(45)75)28-42-21-23-49(61)51(63)30-42)59(77)53(31-40-15-9-8-10-16-40)69-55(73)19-11-6-4-2-1-3-5-7-14-25-64-56(74)34-65-54-32-52(67-39-68-54)58(76)66-33-47(72)38-70-26-24-43-17-12-13-18-44(43)35-70/h8-10,12-13,15-18,20-23,27-30,32,39,47,53,72H,1-7,11,14,19,24-26,31,33-38H2,(H,64,74)(H,66,76)(H,69,73)(H,65,67,68)/b45-27+,46-28+/t47-,53-/m0/s1. The molecule has 0 radical (unpaired) electrons. The van der Waals surface area contributed by atoms with Gasteiger partial charge < -0.3 is 31.3 Å². The smallest absolute Gasteiger partial charge is 0.270 e. The van der Waals surface area contributed by atoms with E-state index in [-0.39, 0.29) is 68.2 Å². The highest BCUT2D eigenvalue weighted by atomic mass is 35.5. The van der Waals surface area contributed by atoms with Crippen molar-refractivity contribution < 1.29 is 29.1 Å². The molecule has 3 heterocycles. The molecule has 0 unspecified atom stereocenters. The number of carbonyl (C=O) groups excluding carboxylic acids is 5. The number of aromatic nitrogens is 2. The van der Waals surface area contributed by atoms with Crippen molar-refractivity contribution in [3.8, 4) is 0 Å². The molecule has 2 aliphatic rings. The number of fused-ring (bicyclic) bond motifs is 1. The molecule has 0 aliphatic carbocycles. The second-order valence-electron chi connectivity index (χ2n) is 19.6. The van der Waals surface area contributed by atoms with Gasteiger partial charge in [-0.1, -0.05) is 158 Å². The molecule has 18 heteroatoms. The third-order valence-corrected chi connectivity index (χ3v) is 15.0. The van der Waals surface area contributed by atoms with Crippen LogP contribution in [0.15, 0.2) is 115 Å². The zero-order valence-corrected chi connectivity index (χ0v) is 46.1. The van der Waals surface area contributed by atoms with E-state index in [9.17, 15) is 29.1 Å². The molecule has 406 valence electrons. The van der Waals surface area contributed by atoms with Crippen LogP contribution in [0.25, 0.3) is 12.2 Å². The number of likely N-dealkylation sites (tertiary alicyclic amines) is 1. The van der Waals surface area contributed by atoms with E-state index in [1.807, 2.05) is 42.5 Å². The van der Waals surface area contributed by atoms with Crippen LogP contribution in [0.1, 0.15) is 103 Å². The van der Waals surface area contributed by atoms with Crippen LogP contribution in [0.2, 0.25) is 20.1 Å². The monoisotopic (exact) mass is 1120 g/mol. The number of nitrogens with one attached hydrogen (secondary N) is 4. The van der Waals surface area contributed by atoms with Gasteiger partial charge in [0, 0.05) is 75.9 Å². The van der Waals surface area contributed by atoms with Crippen molar-refractivity contribution in [2.75, 3.05) is 51.1 Å². The van der Waals surface area contributed by atoms with Gasteiger partial charge in [0.05, 0.1) is 32.7 Å². The predicted molar refractivity (Wildman–Crippen MR) is 306 cm³/mol. The molecule has 2 aliphatic heterocycles. The molecule has 1 saturated heterocycles. The van der Waals surface area contributed by atoms with E-state index in [1.54, 1.807) is 53.5 Å². The molecule has 5 N–H and O–H groups in total. The number of hydrogen-bond acceptors (Lipinski definition) is 10. The number of Topliss-reactive ketones (excluding diaryl/α,β-unsaturated/α-hetero) is 1. The van der Waals surface area contributed by atoms with Crippen LogP contribution in [0, 0.1) is 0 Å². The van der Waals surface area contributed by atoms with Gasteiger partial charge in [-0.3, -0.25) is 28.9 Å². The number of carbonyl (C=O) groups is 5. The highest BCUT2D eigenvalue weighted by Crippen LogP contribution is 2.29. The molecular weight excluding hydrogens is 1060 g/mol. The molecule has 4 amide bonds. The first kappa shape index (κ1) is 58.6. The Morgan fingerprint density at radius 3 is 1.92 bits per heavy atom. The first-order chi connectivity index (χ1) is 37.3. The molecule has 1 fully saturated rings. The first-order valence-corrected chi connectivity index (χ1v) is 27.8. The lowest BCUT2D eigenvalue weighted by Crippen LogP contribution is -2.52. The molecule has 0 bridgehead atoms. The fraction of sp³-hybridized carbons (Fsp3) is 0.373. The lowest BCUT2D eigenvalue weighted by molar-refractivity contribution is -0.136. The molecule has 0 saturated carbocycles. The lowest BCUT2D eigenvalue weighted by Gasteiger charge is -2.33. The summed E-state index contributed by atoms with van der Waals surface area (Å²) in [5.74, 6) is -1.02. The summed E-state index contributed by atoms with van der Waals surface area (Å²) in [6.07, 6.45) is 14.1. The number of aliphatic hydroxyl groups excluding tert-OH is 1. The molecule has 14 nitrogen and oxygen atoms in total. The Morgan fingerprint density at radius 1 is 0.662 bits per heavy atom. The Kier molecular flexibility index (Phi) is 22.9. The Balaban J connectivity index is 0.776. The summed E-state index contributed by atoms with van der Waals surface area (Å²) in [6, 6.07) is 28.6. The number of halogens is 4. The fourth-order valence-electron chi connectivity index (χ4n) is 9.40. The normalized spacial score (nSPS) is 15.4. The number of unbranched alkanes of at least 4 members (excludes halogenated alkanes) is 8. The first-order valence-electron chi connectivity index (χ1n) is 26.3. The van der Waals surface area contributed by atoms with Crippen molar-refractivity contribution in [3.05, 3.63) is 168 Å². The summed E-state index contributed by atoms with van der Waals surface area (Å²) >= 11 is 25.0. The summed E-state index contributed by atoms with van der Waals surface area (Å²) < 4.78 is 0. The van der Waals surface area contributed by atoms with Gasteiger partial charge in [-0.25, -0.2) is 9.97 Å². The maximum absolute atomic E-state index is 14.5. The van der Waals surface area contributed by atoms with Crippen molar-refractivity contribution in [1.29, 1.82) is 0 Å². The maximum atomic E-state index is 14.5. The van der Waals surface area contributed by atoms with E-state index in [4.69, 9.17) is 46.4 Å². The predicted octanol–water partition coefficient (Wildman–Crippen LogP) is 9.97. The van der Waals surface area contributed by atoms with Crippen LogP contribution in [0.5, 0.6) is 0 Å². The van der Waals surface area contributed by atoms with Crippen LogP contribution in [0.3, 0.4) is 0 Å². The fourth-order valence-corrected chi connectivity index (χ4v) is 10.0. The number of hydrogen-bond donors (Lipinski definition) is 5. The van der Waals surface area contributed by atoms with Gasteiger partial charge in [-0.2, -0.15) is 0 Å². The van der Waals surface area contributed by atoms with Crippen molar-refractivity contribution >= 4 is 93.8 Å². The van der Waals surface area contributed by atoms with Crippen molar-refractivity contribution in [2.45, 2.75) is 95.7 Å². The summed E-state index contributed by atoms with van der Waals surface area (Å²) in [7, 11) is 0. The maximum Gasteiger partial charge on any atom is 0.270 e. The third-order valence-electron chi connectivity index (χ3n) is 13.5. The number of nitrogens with zero attached hydrogens (tertiary/aromatic N) is 4. The van der Waals surface area contributed by atoms with Gasteiger partial charge in [-0.15, -0.1) is 0 Å². The van der Waals surface area contributed by atoms with E-state index >= 15 is 0 Å². The van der Waals surface area contributed by atoms with Gasteiger partial charge in [0.15, 0.2) is 5.78 Å². The number of β-amino-alcohol motifs (C(OH)–C–C–N with tert-alkyl or cyclic N) is 1. The third kappa shape index (κ3) is 18.8. The van der Waals surface area contributed by atoms with Gasteiger partial charge >= 0.3 is 0 Å². The minimum atomic E-state index is -0.873. The number of anilines is 1. The number of rotatable bonds is 26. The topological polar surface area (TPSA) is 186 Å². The second kappa shape index (κ2) is 30.1. The highest BCUT2D eigenvalue weighted by Gasteiger charge is 2.34. The molecular formula is C59H66Cl4N8O6. The quantitative estimate of drug-likeness (QED) is 0.0264. The largest absolute Gasteiger partial charge is 0.390 e. The van der Waals surface area contributed by atoms with Gasteiger partial charge in [0.25, 0.3) is 5.91 Å². The summed E-state index contributed by atoms with van der Waals surface area (Å²) in [6.45, 7) is 2.74. The van der Waals surface area contributed by atoms with E-state index in [0.29, 0.717) is 67.7 Å². The average Bonchev–Trinajstić information content (AvgIpc) is 3.43. The second-order valence-corrected chi connectivity index (χ2v) is 21.2. The molecule has 5 aromatic rings. The zero-order chi connectivity index (χ0) is 54.5. The molecule has 77 heavy (non-hydrogen) atoms. The van der Waals surface area contributed by atoms with Crippen LogP contribution >= 0.6 is 46.4 Å². The Labute approximate surface area is 471 Å². The SMILES string of the molecule is O=C(CNc1cc(C(=O)NC[C@H](O)CN2CCc3ccccc3C2)ncn1)NCCCCCCCCCCCC(=O)N[C@@H](Cc1ccccc1)C(=O)N1C/C(=C\c2ccc(Cl)c(Cl)c2)C(=O)/C(=C/c2ccc(Cl)c(Cl)c2)C1. The van der Waals surface area contributed by atoms with Crippen LogP contribution in [0.4, 0.5) is 5.82 Å². The molecule has 2 atom stereocenters. The minimum Gasteiger partial charge on any atom is -0.390 e. The summed E-state index contributed by atoms with van der Waals surface area (Å²) in [5.41, 5.74) is 5.67. The molecule has 4 aromatic carbocycles. The Bertz CT molecular complexity index is 2830. The highest BCUT2D eigenvalue weighted by molar-refractivity contribution is 6.42. The number of amides is 4. The average molecular weight is 1130 g/mol. The van der Waals surface area contributed by atoms with Crippen LogP contribution in [-0.4, -0.2) is 112 Å². The van der Waals surface area contributed by atoms with E-state index in [0.717, 1.165) is 76.4 Å². The summed E-state index contributed by atoms with van der Waals surface area (Å²) in [5, 5.41) is 23.7. The Morgan fingerprint density at radius 2 is 1.27 bits per heavy atom. The van der Waals surface area contributed by atoms with Crippen molar-refractivity contribution in [2.24, 2.45) is 0 Å². The van der Waals surface area contributed by atoms with Crippen LogP contribution in [-0.2, 0) is 38.6 Å².